The van der Waals surface area contributed by atoms with Gasteiger partial charge in [0.05, 0.1) is 31.6 Å². The van der Waals surface area contributed by atoms with Gasteiger partial charge in [-0.15, -0.1) is 0 Å². The van der Waals surface area contributed by atoms with E-state index in [1.54, 1.807) is 0 Å². The second-order valence-corrected chi connectivity index (χ2v) is 13.5. The van der Waals surface area contributed by atoms with Crippen LogP contribution in [-0.2, 0) is 19.0 Å². The Morgan fingerprint density at radius 3 is 2.58 bits per heavy atom. The standard InChI is InChI=1S/C33H47N3O9/c1-32-11-9-20(37)17-19(32)3-4-21-22-5-8-26(33(22,2)12-10-23(21)32)45-27(38)18-43-16-15-42-14-13-36-31(41)44-25-7-6-24(34)29(39)28(25)30(35)40/h3,6-7,20-23,26,37,39H,4-5,8-18,34H2,1-2H3,(H2,35,40)(H,36,41)/t20-,21?,22?,23?,26-,32-,33-/m1/s1. The largest absolute Gasteiger partial charge is 0.505 e. The molecule has 1 aromatic carbocycles. The van der Waals surface area contributed by atoms with E-state index in [1.165, 1.54) is 17.7 Å². The van der Waals surface area contributed by atoms with Crippen LogP contribution < -0.4 is 21.5 Å². The Balaban J connectivity index is 0.982. The molecule has 12 heteroatoms. The number of benzene rings is 1. The summed E-state index contributed by atoms with van der Waals surface area (Å²) in [6.45, 7) is 5.22. The molecule has 0 radical (unpaired) electrons. The summed E-state index contributed by atoms with van der Waals surface area (Å²) in [5.41, 5.74) is 12.0. The van der Waals surface area contributed by atoms with Crippen LogP contribution >= 0.6 is 0 Å². The lowest BCUT2D eigenvalue weighted by atomic mass is 9.48. The number of phenols is 1. The van der Waals surface area contributed by atoms with Crippen LogP contribution in [0.5, 0.6) is 11.5 Å². The number of aliphatic hydroxyl groups is 1. The first-order valence-electron chi connectivity index (χ1n) is 16.0. The Labute approximate surface area is 263 Å². The number of nitrogens with two attached hydrogens (primary N) is 2. The van der Waals surface area contributed by atoms with Crippen molar-refractivity contribution < 1.29 is 43.5 Å². The van der Waals surface area contributed by atoms with E-state index < -0.39 is 17.7 Å². The number of carbonyl (C=O) groups excluding carboxylic acids is 3. The number of aliphatic hydroxyl groups excluding tert-OH is 1. The number of anilines is 1. The van der Waals surface area contributed by atoms with E-state index in [2.05, 4.69) is 25.2 Å². The molecule has 12 nitrogen and oxygen atoms in total. The minimum Gasteiger partial charge on any atom is -0.505 e. The van der Waals surface area contributed by atoms with Crippen molar-refractivity contribution in [1.82, 2.24) is 5.32 Å². The zero-order chi connectivity index (χ0) is 32.4. The van der Waals surface area contributed by atoms with Crippen molar-refractivity contribution in [3.8, 4) is 11.5 Å². The maximum Gasteiger partial charge on any atom is 0.412 e. The van der Waals surface area contributed by atoms with Crippen molar-refractivity contribution in [1.29, 1.82) is 0 Å². The fraction of sp³-hybridized carbons (Fsp3) is 0.667. The van der Waals surface area contributed by atoms with Gasteiger partial charge < -0.3 is 45.9 Å². The minimum atomic E-state index is -0.990. The molecule has 0 aromatic heterocycles. The number of fused-ring (bicyclic) bond motifs is 5. The van der Waals surface area contributed by atoms with Gasteiger partial charge in [-0.3, -0.25) is 4.79 Å². The summed E-state index contributed by atoms with van der Waals surface area (Å²) in [6.07, 6.45) is 9.20. The first-order valence-corrected chi connectivity index (χ1v) is 16.0. The van der Waals surface area contributed by atoms with Gasteiger partial charge in [0.1, 0.15) is 24.0 Å². The van der Waals surface area contributed by atoms with Crippen LogP contribution in [0.15, 0.2) is 23.8 Å². The molecule has 248 valence electrons. The van der Waals surface area contributed by atoms with Gasteiger partial charge in [0, 0.05) is 12.0 Å². The smallest absolute Gasteiger partial charge is 0.412 e. The van der Waals surface area contributed by atoms with Crippen molar-refractivity contribution in [3.05, 3.63) is 29.3 Å². The average Bonchev–Trinajstić information content (AvgIpc) is 3.32. The molecule has 3 unspecified atom stereocenters. The van der Waals surface area contributed by atoms with Crippen LogP contribution in [0.3, 0.4) is 0 Å². The van der Waals surface area contributed by atoms with Gasteiger partial charge in [-0.25, -0.2) is 9.59 Å². The molecule has 0 bridgehead atoms. The van der Waals surface area contributed by atoms with Crippen LogP contribution in [0.25, 0.3) is 0 Å². The topological polar surface area (TPSA) is 193 Å². The van der Waals surface area contributed by atoms with E-state index in [4.69, 9.17) is 30.4 Å². The summed E-state index contributed by atoms with van der Waals surface area (Å²) >= 11 is 0. The average molecular weight is 630 g/mol. The fourth-order valence-electron chi connectivity index (χ4n) is 8.63. The number of nitrogen functional groups attached to an aromatic ring is 1. The summed E-state index contributed by atoms with van der Waals surface area (Å²) in [6, 6.07) is 2.54. The number of nitrogens with one attached hydrogen (secondary N) is 1. The molecule has 45 heavy (non-hydrogen) atoms. The van der Waals surface area contributed by atoms with Crippen molar-refractivity contribution in [2.45, 2.75) is 77.4 Å². The molecule has 3 saturated carbocycles. The molecule has 4 aliphatic carbocycles. The van der Waals surface area contributed by atoms with Crippen molar-refractivity contribution in [2.75, 3.05) is 38.7 Å². The second kappa shape index (κ2) is 13.6. The number of primary amides is 1. The Morgan fingerprint density at radius 2 is 1.80 bits per heavy atom. The Kier molecular flexibility index (Phi) is 9.95. The van der Waals surface area contributed by atoms with E-state index in [0.29, 0.717) is 17.8 Å². The number of allylic oxidation sites excluding steroid dienone is 1. The van der Waals surface area contributed by atoms with Gasteiger partial charge in [0.2, 0.25) is 0 Å². The highest BCUT2D eigenvalue weighted by molar-refractivity contribution is 6.00. The first kappa shape index (κ1) is 33.0. The first-order chi connectivity index (χ1) is 21.4. The molecule has 0 aliphatic heterocycles. The molecule has 7 N–H and O–H groups in total. The van der Waals surface area contributed by atoms with E-state index in [0.717, 1.165) is 51.4 Å². The maximum atomic E-state index is 12.7. The third kappa shape index (κ3) is 6.78. The molecule has 4 aliphatic rings. The van der Waals surface area contributed by atoms with Gasteiger partial charge in [0.15, 0.2) is 5.75 Å². The number of hydrogen-bond acceptors (Lipinski definition) is 10. The second-order valence-electron chi connectivity index (χ2n) is 13.5. The summed E-state index contributed by atoms with van der Waals surface area (Å²) in [5.74, 6) is -0.371. The highest BCUT2D eigenvalue weighted by Crippen LogP contribution is 2.65. The summed E-state index contributed by atoms with van der Waals surface area (Å²) in [5, 5.41) is 22.6. The molecular formula is C33H47N3O9. The van der Waals surface area contributed by atoms with Crippen molar-refractivity contribution in [2.24, 2.45) is 34.3 Å². The lowest BCUT2D eigenvalue weighted by Crippen LogP contribution is -2.51. The van der Waals surface area contributed by atoms with E-state index in [-0.39, 0.29) is 79.0 Å². The lowest BCUT2D eigenvalue weighted by Gasteiger charge is -2.57. The zero-order valence-electron chi connectivity index (χ0n) is 26.2. The number of aromatic hydroxyl groups is 1. The number of amides is 2. The zero-order valence-corrected chi connectivity index (χ0v) is 26.2. The van der Waals surface area contributed by atoms with Gasteiger partial charge in [0.25, 0.3) is 5.91 Å². The number of hydrogen-bond donors (Lipinski definition) is 5. The molecule has 0 heterocycles. The SMILES string of the molecule is C[C@@]12CC[C@@H](O)CC1=CCC1C2CC[C@]2(C)C1CC[C@H]2OC(=O)COCCOCCNC(=O)Oc1ccc(N)c(O)c1C(N)=O. The predicted molar refractivity (Wildman–Crippen MR) is 164 cm³/mol. The quantitative estimate of drug-likeness (QED) is 0.0796. The molecule has 0 saturated heterocycles. The van der Waals surface area contributed by atoms with Gasteiger partial charge >= 0.3 is 12.1 Å². The van der Waals surface area contributed by atoms with Crippen LogP contribution in [0.1, 0.15) is 75.6 Å². The third-order valence-corrected chi connectivity index (χ3v) is 11.0. The normalized spacial score (nSPS) is 32.0. The minimum absolute atomic E-state index is 0.0281. The molecule has 1 aromatic rings. The number of carbonyl (C=O) groups is 3. The van der Waals surface area contributed by atoms with Crippen molar-refractivity contribution in [3.63, 3.8) is 0 Å². The summed E-state index contributed by atoms with van der Waals surface area (Å²) in [4.78, 5) is 36.3. The van der Waals surface area contributed by atoms with Crippen molar-refractivity contribution >= 4 is 23.7 Å². The van der Waals surface area contributed by atoms with Gasteiger partial charge in [-0.2, -0.15) is 0 Å². The Bertz CT molecular complexity index is 1320. The lowest BCUT2D eigenvalue weighted by molar-refractivity contribution is -0.165. The maximum absolute atomic E-state index is 12.7. The Hall–Kier alpha value is -3.35. The van der Waals surface area contributed by atoms with E-state index in [1.807, 2.05) is 0 Å². The molecular weight excluding hydrogens is 582 g/mol. The molecule has 3 fully saturated rings. The van der Waals surface area contributed by atoms with E-state index in [9.17, 15) is 24.6 Å². The molecule has 0 spiro atoms. The third-order valence-electron chi connectivity index (χ3n) is 11.0. The van der Waals surface area contributed by atoms with Crippen LogP contribution in [0.4, 0.5) is 10.5 Å². The predicted octanol–water partition coefficient (Wildman–Crippen LogP) is 3.43. The van der Waals surface area contributed by atoms with Crippen LogP contribution in [0.2, 0.25) is 0 Å². The number of ether oxygens (including phenoxy) is 4. The van der Waals surface area contributed by atoms with E-state index >= 15 is 0 Å². The number of rotatable bonds is 11. The van der Waals surface area contributed by atoms with Gasteiger partial charge in [-0.1, -0.05) is 25.5 Å². The van der Waals surface area contributed by atoms with Gasteiger partial charge in [-0.05, 0) is 86.7 Å². The molecule has 2 amide bonds. The summed E-state index contributed by atoms with van der Waals surface area (Å²) < 4.78 is 22.0. The van der Waals surface area contributed by atoms with Crippen LogP contribution in [-0.4, -0.2) is 73.4 Å². The molecule has 5 rings (SSSR count). The molecule has 7 atom stereocenters. The monoisotopic (exact) mass is 629 g/mol. The fourth-order valence-corrected chi connectivity index (χ4v) is 8.63. The Morgan fingerprint density at radius 1 is 1.02 bits per heavy atom. The highest BCUT2D eigenvalue weighted by Gasteiger charge is 2.59. The summed E-state index contributed by atoms with van der Waals surface area (Å²) in [7, 11) is 0. The highest BCUT2D eigenvalue weighted by atomic mass is 16.6. The van der Waals surface area contributed by atoms with Crippen LogP contribution in [0, 0.1) is 28.6 Å². The number of esters is 1.